The quantitative estimate of drug-likeness (QED) is 0.865. The number of thioether (sulfide) groups is 1. The fourth-order valence-electron chi connectivity index (χ4n) is 2.54. The molecule has 0 bridgehead atoms. The van der Waals surface area contributed by atoms with Gasteiger partial charge in [0, 0.05) is 0 Å². The standard InChI is InChI=1S/C14H25N3OS/c1-10(2)8-19-9-12-16-14(18-17-12)13(15)11-6-4-3-5-7-11/h10-11,13H,3-9,15H2,1-2H3. The van der Waals surface area contributed by atoms with E-state index in [1.54, 1.807) is 0 Å². The number of aromatic nitrogens is 2. The van der Waals surface area contributed by atoms with Gasteiger partial charge in [0.1, 0.15) is 0 Å². The minimum atomic E-state index is -0.0725. The Morgan fingerprint density at radius 3 is 2.74 bits per heavy atom. The van der Waals surface area contributed by atoms with Crippen molar-refractivity contribution in [3.05, 3.63) is 11.7 Å². The molecule has 19 heavy (non-hydrogen) atoms. The predicted octanol–water partition coefficient (Wildman–Crippen LogP) is 3.54. The van der Waals surface area contributed by atoms with Gasteiger partial charge in [0.2, 0.25) is 5.89 Å². The van der Waals surface area contributed by atoms with Crippen LogP contribution in [0.5, 0.6) is 0 Å². The first-order chi connectivity index (χ1) is 9.16. The van der Waals surface area contributed by atoms with Gasteiger partial charge in [0.05, 0.1) is 11.8 Å². The van der Waals surface area contributed by atoms with Gasteiger partial charge >= 0.3 is 0 Å². The Bertz CT molecular complexity index is 375. The van der Waals surface area contributed by atoms with Crippen LogP contribution in [0.3, 0.4) is 0 Å². The van der Waals surface area contributed by atoms with Crippen molar-refractivity contribution in [1.29, 1.82) is 0 Å². The Labute approximate surface area is 119 Å². The van der Waals surface area contributed by atoms with Crippen LogP contribution in [0.4, 0.5) is 0 Å². The lowest BCUT2D eigenvalue weighted by Gasteiger charge is -2.24. The van der Waals surface area contributed by atoms with Gasteiger partial charge < -0.3 is 10.3 Å². The summed E-state index contributed by atoms with van der Waals surface area (Å²) in [6.07, 6.45) is 6.29. The Hall–Kier alpha value is -0.550. The van der Waals surface area contributed by atoms with Crippen molar-refractivity contribution >= 4 is 11.8 Å². The van der Waals surface area contributed by atoms with Crippen LogP contribution in [-0.2, 0) is 5.75 Å². The van der Waals surface area contributed by atoms with E-state index < -0.39 is 0 Å². The Morgan fingerprint density at radius 1 is 1.32 bits per heavy atom. The molecule has 0 aromatic carbocycles. The predicted molar refractivity (Wildman–Crippen MR) is 78.8 cm³/mol. The summed E-state index contributed by atoms with van der Waals surface area (Å²) in [6.45, 7) is 4.43. The Kier molecular flexibility index (Phi) is 5.70. The van der Waals surface area contributed by atoms with Gasteiger partial charge in [-0.2, -0.15) is 16.7 Å². The van der Waals surface area contributed by atoms with Crippen LogP contribution in [0.15, 0.2) is 4.52 Å². The van der Waals surface area contributed by atoms with Gasteiger partial charge in [-0.15, -0.1) is 0 Å². The SMILES string of the molecule is CC(C)CSCc1noc(C(N)C2CCCCC2)n1. The lowest BCUT2D eigenvalue weighted by molar-refractivity contribution is 0.255. The molecule has 1 aliphatic carbocycles. The molecule has 2 rings (SSSR count). The van der Waals surface area contributed by atoms with Gasteiger partial charge in [0.15, 0.2) is 5.82 Å². The molecule has 4 nitrogen and oxygen atoms in total. The van der Waals surface area contributed by atoms with Crippen LogP contribution in [-0.4, -0.2) is 15.9 Å². The Balaban J connectivity index is 1.85. The van der Waals surface area contributed by atoms with Gasteiger partial charge in [-0.3, -0.25) is 0 Å². The van der Waals surface area contributed by atoms with Crippen LogP contribution >= 0.6 is 11.8 Å². The first-order valence-electron chi connectivity index (χ1n) is 7.32. The zero-order valence-electron chi connectivity index (χ0n) is 12.0. The smallest absolute Gasteiger partial charge is 0.243 e. The van der Waals surface area contributed by atoms with E-state index in [0.717, 1.165) is 17.3 Å². The van der Waals surface area contributed by atoms with E-state index in [1.807, 2.05) is 11.8 Å². The van der Waals surface area contributed by atoms with Crippen LogP contribution in [0.2, 0.25) is 0 Å². The maximum atomic E-state index is 6.26. The molecule has 1 saturated carbocycles. The van der Waals surface area contributed by atoms with Crippen molar-refractivity contribution < 1.29 is 4.52 Å². The molecule has 0 radical (unpaired) electrons. The maximum Gasteiger partial charge on any atom is 0.243 e. The van der Waals surface area contributed by atoms with E-state index in [0.29, 0.717) is 17.7 Å². The molecule has 0 spiro atoms. The second-order valence-corrected chi connectivity index (χ2v) is 6.91. The summed E-state index contributed by atoms with van der Waals surface area (Å²) in [5, 5.41) is 4.04. The Morgan fingerprint density at radius 2 is 2.05 bits per heavy atom. The number of nitrogens with zero attached hydrogens (tertiary/aromatic N) is 2. The van der Waals surface area contributed by atoms with E-state index in [4.69, 9.17) is 10.3 Å². The number of rotatable bonds is 6. The number of hydrogen-bond donors (Lipinski definition) is 1. The fourth-order valence-corrected chi connectivity index (χ4v) is 3.43. The van der Waals surface area contributed by atoms with Crippen molar-refractivity contribution in [2.24, 2.45) is 17.6 Å². The average Bonchev–Trinajstić information content (AvgIpc) is 2.87. The minimum Gasteiger partial charge on any atom is -0.338 e. The first-order valence-corrected chi connectivity index (χ1v) is 8.48. The van der Waals surface area contributed by atoms with Crippen LogP contribution in [0.25, 0.3) is 0 Å². The third kappa shape index (κ3) is 4.49. The summed E-state index contributed by atoms with van der Waals surface area (Å²) < 4.78 is 5.34. The second-order valence-electron chi connectivity index (χ2n) is 5.88. The molecular formula is C14H25N3OS. The monoisotopic (exact) mass is 283 g/mol. The molecule has 1 heterocycles. The molecule has 0 amide bonds. The van der Waals surface area contributed by atoms with Gasteiger partial charge in [-0.25, -0.2) is 0 Å². The summed E-state index contributed by atoms with van der Waals surface area (Å²) in [5.74, 6) is 4.57. The molecule has 1 atom stereocenters. The zero-order valence-corrected chi connectivity index (χ0v) is 12.8. The number of nitrogens with two attached hydrogens (primary N) is 1. The molecule has 1 aromatic heterocycles. The maximum absolute atomic E-state index is 6.26. The highest BCUT2D eigenvalue weighted by Crippen LogP contribution is 2.32. The molecule has 1 aliphatic rings. The molecule has 1 unspecified atom stereocenters. The van der Waals surface area contributed by atoms with E-state index >= 15 is 0 Å². The minimum absolute atomic E-state index is 0.0725. The molecule has 2 N–H and O–H groups in total. The topological polar surface area (TPSA) is 64.9 Å². The van der Waals surface area contributed by atoms with Crippen LogP contribution in [0, 0.1) is 11.8 Å². The molecule has 1 fully saturated rings. The van der Waals surface area contributed by atoms with Crippen molar-refractivity contribution in [1.82, 2.24) is 10.1 Å². The summed E-state index contributed by atoms with van der Waals surface area (Å²) in [6, 6.07) is -0.0725. The van der Waals surface area contributed by atoms with Crippen LogP contribution < -0.4 is 5.73 Å². The van der Waals surface area contributed by atoms with Crippen molar-refractivity contribution in [3.8, 4) is 0 Å². The molecule has 5 heteroatoms. The number of hydrogen-bond acceptors (Lipinski definition) is 5. The summed E-state index contributed by atoms with van der Waals surface area (Å²) in [7, 11) is 0. The summed E-state index contributed by atoms with van der Waals surface area (Å²) >= 11 is 1.85. The summed E-state index contributed by atoms with van der Waals surface area (Å²) in [4.78, 5) is 4.46. The molecular weight excluding hydrogens is 258 g/mol. The lowest BCUT2D eigenvalue weighted by Crippen LogP contribution is -2.23. The average molecular weight is 283 g/mol. The normalized spacial score (nSPS) is 18.9. The summed E-state index contributed by atoms with van der Waals surface area (Å²) in [5.41, 5.74) is 6.26. The molecule has 1 aromatic rings. The van der Waals surface area contributed by atoms with Crippen molar-refractivity contribution in [2.45, 2.75) is 57.7 Å². The fraction of sp³-hybridized carbons (Fsp3) is 0.857. The first kappa shape index (κ1) is 14.9. The highest BCUT2D eigenvalue weighted by atomic mass is 32.2. The van der Waals surface area contributed by atoms with Crippen LogP contribution in [0.1, 0.15) is 63.7 Å². The van der Waals surface area contributed by atoms with Crippen molar-refractivity contribution in [3.63, 3.8) is 0 Å². The molecule has 0 saturated heterocycles. The zero-order chi connectivity index (χ0) is 13.7. The highest BCUT2D eigenvalue weighted by Gasteiger charge is 2.26. The lowest BCUT2D eigenvalue weighted by atomic mass is 9.84. The second kappa shape index (κ2) is 7.29. The van der Waals surface area contributed by atoms with E-state index in [9.17, 15) is 0 Å². The highest BCUT2D eigenvalue weighted by molar-refractivity contribution is 7.98. The van der Waals surface area contributed by atoms with E-state index in [1.165, 1.54) is 32.1 Å². The molecule has 108 valence electrons. The van der Waals surface area contributed by atoms with E-state index in [-0.39, 0.29) is 6.04 Å². The van der Waals surface area contributed by atoms with Crippen molar-refractivity contribution in [2.75, 3.05) is 5.75 Å². The van der Waals surface area contributed by atoms with E-state index in [2.05, 4.69) is 24.0 Å². The van der Waals surface area contributed by atoms with Gasteiger partial charge in [0.25, 0.3) is 0 Å². The third-order valence-electron chi connectivity index (χ3n) is 3.61. The van der Waals surface area contributed by atoms with Gasteiger partial charge in [-0.05, 0) is 30.4 Å². The third-order valence-corrected chi connectivity index (χ3v) is 4.97. The molecule has 0 aliphatic heterocycles. The van der Waals surface area contributed by atoms with Gasteiger partial charge in [-0.1, -0.05) is 38.3 Å². The largest absolute Gasteiger partial charge is 0.338 e.